The van der Waals surface area contributed by atoms with Gasteiger partial charge >= 0.3 is 0 Å². The number of aromatic nitrogens is 4. The molecule has 13 heteroatoms. The van der Waals surface area contributed by atoms with Crippen LogP contribution in [0, 0.1) is 0 Å². The van der Waals surface area contributed by atoms with Crippen LogP contribution in [0.5, 0.6) is 11.5 Å². The molecule has 3 heterocycles. The molecule has 0 aliphatic carbocycles. The number of amides is 1. The first-order chi connectivity index (χ1) is 27.4. The van der Waals surface area contributed by atoms with E-state index in [1.807, 2.05) is 84.9 Å². The monoisotopic (exact) mass is 787 g/mol. The largest absolute Gasteiger partial charge is 0.497 e. The van der Waals surface area contributed by atoms with Crippen molar-refractivity contribution in [1.82, 2.24) is 19.5 Å². The number of hydrogen-bond acceptors (Lipinski definition) is 10. The van der Waals surface area contributed by atoms with Crippen molar-refractivity contribution in [1.29, 1.82) is 0 Å². The molecule has 4 aromatic carbocycles. The third-order valence-electron chi connectivity index (χ3n) is 11.1. The maximum Gasteiger partial charge on any atom is 0.256 e. The van der Waals surface area contributed by atoms with Crippen LogP contribution in [0.2, 0.25) is 18.1 Å². The highest BCUT2D eigenvalue weighted by molar-refractivity contribution is 6.74. The molecule has 0 bridgehead atoms. The lowest BCUT2D eigenvalue weighted by Crippen LogP contribution is -2.50. The van der Waals surface area contributed by atoms with Crippen molar-refractivity contribution in [2.24, 2.45) is 0 Å². The predicted octanol–water partition coefficient (Wildman–Crippen LogP) is 7.75. The van der Waals surface area contributed by atoms with Crippen molar-refractivity contribution in [3.63, 3.8) is 0 Å². The number of carbonyl (C=O) groups is 1. The van der Waals surface area contributed by atoms with Gasteiger partial charge in [0.15, 0.2) is 31.5 Å². The number of rotatable bonds is 13. The molecule has 1 amide bonds. The Bertz CT molecular complexity index is 2230. The molecule has 2 N–H and O–H groups in total. The van der Waals surface area contributed by atoms with Gasteiger partial charge in [-0.2, -0.15) is 0 Å². The van der Waals surface area contributed by atoms with Crippen LogP contribution < -0.4 is 14.8 Å². The number of nitrogens with zero attached hydrogens (tertiary/aromatic N) is 4. The minimum Gasteiger partial charge on any atom is -0.497 e. The molecule has 1 fully saturated rings. The Morgan fingerprint density at radius 2 is 1.37 bits per heavy atom. The van der Waals surface area contributed by atoms with Crippen LogP contribution in [-0.2, 0) is 19.5 Å². The second-order valence-corrected chi connectivity index (χ2v) is 20.3. The lowest BCUT2D eigenvalue weighted by molar-refractivity contribution is -0.0930. The van der Waals surface area contributed by atoms with Crippen LogP contribution in [0.15, 0.2) is 122 Å². The van der Waals surface area contributed by atoms with E-state index in [0.29, 0.717) is 28.2 Å². The molecule has 1 aliphatic rings. The van der Waals surface area contributed by atoms with Crippen molar-refractivity contribution in [2.45, 2.75) is 69.0 Å². The number of ether oxygens (including phenoxy) is 4. The van der Waals surface area contributed by atoms with Crippen molar-refractivity contribution in [2.75, 3.05) is 26.1 Å². The van der Waals surface area contributed by atoms with Gasteiger partial charge in [-0.1, -0.05) is 93.6 Å². The fourth-order valence-electron chi connectivity index (χ4n) is 6.93. The van der Waals surface area contributed by atoms with E-state index in [-0.39, 0.29) is 23.4 Å². The molecule has 1 aliphatic heterocycles. The molecule has 0 saturated carbocycles. The van der Waals surface area contributed by atoms with Gasteiger partial charge in [-0.05, 0) is 71.2 Å². The van der Waals surface area contributed by atoms with E-state index in [1.165, 1.54) is 6.33 Å². The normalized spacial score (nSPS) is 18.7. The molecule has 0 unspecified atom stereocenters. The van der Waals surface area contributed by atoms with Gasteiger partial charge in [-0.25, -0.2) is 15.0 Å². The summed E-state index contributed by atoms with van der Waals surface area (Å²) in [6, 6.07) is 34.5. The van der Waals surface area contributed by atoms with Gasteiger partial charge in [0.2, 0.25) is 0 Å². The molecule has 0 spiro atoms. The summed E-state index contributed by atoms with van der Waals surface area (Å²) < 4.78 is 33.9. The number of fused-ring (bicyclic) bond motifs is 1. The lowest BCUT2D eigenvalue weighted by atomic mass is 9.80. The number of nitrogens with one attached hydrogen (secondary N) is 1. The van der Waals surface area contributed by atoms with Gasteiger partial charge in [0, 0.05) is 5.56 Å². The number of benzene rings is 4. The molecule has 0 radical (unpaired) electrons. The van der Waals surface area contributed by atoms with Crippen LogP contribution >= 0.6 is 0 Å². The first kappa shape index (κ1) is 39.8. The molecule has 4 atom stereocenters. The van der Waals surface area contributed by atoms with Crippen LogP contribution in [0.3, 0.4) is 0 Å². The second-order valence-electron chi connectivity index (χ2n) is 15.6. The van der Waals surface area contributed by atoms with Crippen LogP contribution in [0.4, 0.5) is 5.82 Å². The Hall–Kier alpha value is -5.44. The zero-order chi connectivity index (χ0) is 40.4. The van der Waals surface area contributed by atoms with Crippen LogP contribution in [-0.4, -0.2) is 78.0 Å². The van der Waals surface area contributed by atoms with Gasteiger partial charge in [-0.3, -0.25) is 9.36 Å². The molecular formula is C44H49N5O7Si. The number of imidazole rings is 1. The summed E-state index contributed by atoms with van der Waals surface area (Å²) in [7, 11) is 0.784. The Morgan fingerprint density at radius 3 is 1.93 bits per heavy atom. The summed E-state index contributed by atoms with van der Waals surface area (Å²) in [6.45, 7) is 10.8. The third kappa shape index (κ3) is 7.81. The zero-order valence-electron chi connectivity index (χ0n) is 33.2. The molecule has 296 valence electrons. The molecule has 1 saturated heterocycles. The molecule has 57 heavy (non-hydrogen) atoms. The first-order valence-corrected chi connectivity index (χ1v) is 21.8. The zero-order valence-corrected chi connectivity index (χ0v) is 34.2. The molecule has 12 nitrogen and oxygen atoms in total. The SMILES string of the molecule is COc1ccc(C(OC[C@@H]2O[C@H](n3cnc4c(NC(=O)c5ccccc5)ncnc43)[C@@H](O)[C@H]2O[Si](C)(C)C(C)(C)C)(c2ccccc2)c2ccc(OC)cc2)cc1. The Morgan fingerprint density at radius 1 is 0.807 bits per heavy atom. The minimum atomic E-state index is -2.49. The van der Waals surface area contributed by atoms with E-state index in [1.54, 1.807) is 49.4 Å². The average Bonchev–Trinajstić information content (AvgIpc) is 3.79. The number of methoxy groups -OCH3 is 2. The van der Waals surface area contributed by atoms with Crippen LogP contribution in [0.25, 0.3) is 11.2 Å². The average molecular weight is 788 g/mol. The number of carbonyl (C=O) groups excluding carboxylic acids is 1. The van der Waals surface area contributed by atoms with Gasteiger partial charge in [0.25, 0.3) is 5.91 Å². The smallest absolute Gasteiger partial charge is 0.256 e. The topological polar surface area (TPSA) is 139 Å². The van der Waals surface area contributed by atoms with E-state index in [4.69, 9.17) is 23.4 Å². The Kier molecular flexibility index (Phi) is 11.3. The first-order valence-electron chi connectivity index (χ1n) is 18.9. The lowest BCUT2D eigenvalue weighted by Gasteiger charge is -2.41. The minimum absolute atomic E-state index is 0.0276. The van der Waals surface area contributed by atoms with E-state index in [0.717, 1.165) is 16.7 Å². The summed E-state index contributed by atoms with van der Waals surface area (Å²) in [5, 5.41) is 15.0. The summed E-state index contributed by atoms with van der Waals surface area (Å²) in [4.78, 5) is 26.5. The summed E-state index contributed by atoms with van der Waals surface area (Å²) in [5.41, 5.74) is 2.68. The van der Waals surface area contributed by atoms with E-state index in [2.05, 4.69) is 54.1 Å². The van der Waals surface area contributed by atoms with Gasteiger partial charge in [-0.15, -0.1) is 0 Å². The number of aliphatic hydroxyl groups excluding tert-OH is 1. The maximum atomic E-state index is 13.1. The number of hydrogen-bond donors (Lipinski definition) is 2. The summed E-state index contributed by atoms with van der Waals surface area (Å²) >= 11 is 0. The highest BCUT2D eigenvalue weighted by Crippen LogP contribution is 2.45. The molecule has 6 aromatic rings. The molecule has 2 aromatic heterocycles. The fourth-order valence-corrected chi connectivity index (χ4v) is 8.25. The standard InChI is InChI=1S/C44H49N5O7Si/c1-43(2,3)57(6,7)56-38-35(55-42(37(38)50)49-28-47-36-39(45-27-46-40(36)49)48-41(51)29-14-10-8-11-15-29)26-54-44(30-16-12-9-13-17-30,31-18-22-33(52-4)23-19-31)32-20-24-34(53-5)25-21-32/h8-25,27-28,35,37-38,42,50H,26H2,1-7H3,(H,45,46,48,51)/t35-,37-,38-,42-/m0/s1. The van der Waals surface area contributed by atoms with Gasteiger partial charge in [0.05, 0.1) is 27.2 Å². The quantitative estimate of drug-likeness (QED) is 0.0883. The van der Waals surface area contributed by atoms with E-state index < -0.39 is 38.5 Å². The Labute approximate surface area is 333 Å². The second kappa shape index (κ2) is 16.2. The van der Waals surface area contributed by atoms with Crippen molar-refractivity contribution >= 4 is 31.2 Å². The van der Waals surface area contributed by atoms with Crippen molar-refractivity contribution < 1.29 is 33.3 Å². The van der Waals surface area contributed by atoms with Gasteiger partial charge < -0.3 is 33.8 Å². The van der Waals surface area contributed by atoms with E-state index in [9.17, 15) is 9.90 Å². The number of aliphatic hydroxyl groups is 1. The molecule has 7 rings (SSSR count). The maximum absolute atomic E-state index is 13.1. The summed E-state index contributed by atoms with van der Waals surface area (Å²) in [6.07, 6.45) is -0.733. The Balaban J connectivity index is 1.28. The fraction of sp³-hybridized carbons (Fsp3) is 0.318. The van der Waals surface area contributed by atoms with Crippen LogP contribution in [0.1, 0.15) is 54.0 Å². The number of anilines is 1. The molecular weight excluding hydrogens is 739 g/mol. The third-order valence-corrected chi connectivity index (χ3v) is 15.6. The van der Waals surface area contributed by atoms with E-state index >= 15 is 0 Å². The van der Waals surface area contributed by atoms with Crippen molar-refractivity contribution in [3.8, 4) is 11.5 Å². The van der Waals surface area contributed by atoms with Gasteiger partial charge in [0.1, 0.15) is 41.7 Å². The highest BCUT2D eigenvalue weighted by atomic mass is 28.4. The summed E-state index contributed by atoms with van der Waals surface area (Å²) in [5.74, 6) is 1.32. The predicted molar refractivity (Wildman–Crippen MR) is 220 cm³/mol. The highest BCUT2D eigenvalue weighted by Gasteiger charge is 2.52. The van der Waals surface area contributed by atoms with Crippen molar-refractivity contribution in [3.05, 3.63) is 144 Å².